The summed E-state index contributed by atoms with van der Waals surface area (Å²) in [7, 11) is 1.40. The monoisotopic (exact) mass is 489 g/mol. The number of carbonyl (C=O) groups excluding carboxylic acids is 1. The zero-order valence-electron chi connectivity index (χ0n) is 15.2. The van der Waals surface area contributed by atoms with E-state index in [0.717, 1.165) is 25.6 Å². The molecule has 0 saturated carbocycles. The van der Waals surface area contributed by atoms with E-state index in [0.29, 0.717) is 12.8 Å². The molecule has 4 nitrogen and oxygen atoms in total. The summed E-state index contributed by atoms with van der Waals surface area (Å²) < 4.78 is 14.0. The predicted molar refractivity (Wildman–Crippen MR) is 114 cm³/mol. The Hall–Kier alpha value is -1.84. The van der Waals surface area contributed by atoms with Gasteiger partial charge in [-0.2, -0.15) is 0 Å². The Morgan fingerprint density at radius 2 is 1.93 bits per heavy atom. The van der Waals surface area contributed by atoms with Gasteiger partial charge in [-0.3, -0.25) is 0 Å². The Balaban J connectivity index is 1.60. The third kappa shape index (κ3) is 5.82. The molecule has 0 aliphatic heterocycles. The molecule has 2 aromatic carbocycles. The molecule has 3 rings (SSSR count). The number of carbonyl (C=O) groups is 1. The molecule has 27 heavy (non-hydrogen) atoms. The van der Waals surface area contributed by atoms with Gasteiger partial charge in [-0.15, -0.1) is 0 Å². The van der Waals surface area contributed by atoms with E-state index in [1.165, 1.54) is 11.5 Å². The third-order valence-electron chi connectivity index (χ3n) is 4.10. The van der Waals surface area contributed by atoms with Crippen LogP contribution >= 0.6 is 15.9 Å². The minimum atomic E-state index is -0.498. The second kappa shape index (κ2) is 9.38. The molecule has 0 spiro atoms. The summed E-state index contributed by atoms with van der Waals surface area (Å²) in [5.74, 6) is 0.612. The van der Waals surface area contributed by atoms with Crippen molar-refractivity contribution in [2.75, 3.05) is 7.11 Å². The zero-order valence-corrected chi connectivity index (χ0v) is 18.9. The second-order valence-electron chi connectivity index (χ2n) is 6.23. The summed E-state index contributed by atoms with van der Waals surface area (Å²) in [6.45, 7) is 1.96. The van der Waals surface area contributed by atoms with Crippen LogP contribution in [-0.2, 0) is 9.53 Å². The van der Waals surface area contributed by atoms with Gasteiger partial charge in [0.15, 0.2) is 0 Å². The molecule has 0 aliphatic rings. The number of rotatable bonds is 7. The molecule has 2 unspecified atom stereocenters. The second-order valence-corrected chi connectivity index (χ2v) is 9.95. The van der Waals surface area contributed by atoms with Crippen LogP contribution in [0.3, 0.4) is 0 Å². The molecule has 0 radical (unpaired) electrons. The number of hydrogen-bond donors (Lipinski definition) is 0. The van der Waals surface area contributed by atoms with Crippen molar-refractivity contribution in [3.05, 3.63) is 59.1 Å². The van der Waals surface area contributed by atoms with Crippen LogP contribution in [-0.4, -0.2) is 39.9 Å². The number of benzene rings is 2. The molecular formula is C21H21AsBrNO3. The zero-order chi connectivity index (χ0) is 19.2. The molecular weight excluding hydrogens is 469 g/mol. The standard InChI is InChI=1S/C21H21AsBrNO3/c1-14(3-12-21(25)26-2)27-18-8-5-16(6-9-18)22-20-11-4-15-13-17(23)7-10-19(15)24-20/h4-11,13-14,22H,3,12H2,1-2H3. The van der Waals surface area contributed by atoms with Crippen LogP contribution in [0.15, 0.2) is 59.1 Å². The first kappa shape index (κ1) is 19.9. The SMILES string of the molecule is COC(=O)CCC(C)Oc1ccc([AsH]c2ccc3cc(Br)ccc3n2)cc1. The Kier molecular flexibility index (Phi) is 6.92. The molecule has 0 bridgehead atoms. The number of nitrogens with zero attached hydrogens (tertiary/aromatic N) is 1. The van der Waals surface area contributed by atoms with Crippen molar-refractivity contribution in [2.24, 2.45) is 0 Å². The van der Waals surface area contributed by atoms with Gasteiger partial charge in [-0.05, 0) is 0 Å². The Labute approximate surface area is 174 Å². The maximum absolute atomic E-state index is 11.2. The van der Waals surface area contributed by atoms with Gasteiger partial charge >= 0.3 is 174 Å². The van der Waals surface area contributed by atoms with Crippen molar-refractivity contribution in [3.63, 3.8) is 0 Å². The summed E-state index contributed by atoms with van der Waals surface area (Å²) in [6.07, 6.45) is 0.971. The average Bonchev–Trinajstić information content (AvgIpc) is 2.67. The van der Waals surface area contributed by atoms with Crippen LogP contribution in [0.2, 0.25) is 0 Å². The summed E-state index contributed by atoms with van der Waals surface area (Å²) in [4.78, 5) is 16.0. The van der Waals surface area contributed by atoms with Gasteiger partial charge in [0.1, 0.15) is 0 Å². The predicted octanol–water partition coefficient (Wildman–Crippen LogP) is 3.11. The van der Waals surface area contributed by atoms with Crippen molar-refractivity contribution in [2.45, 2.75) is 25.9 Å². The van der Waals surface area contributed by atoms with E-state index < -0.39 is 15.8 Å². The van der Waals surface area contributed by atoms with E-state index in [1.807, 2.05) is 31.2 Å². The fourth-order valence-electron chi connectivity index (χ4n) is 2.65. The van der Waals surface area contributed by atoms with Crippen LogP contribution in [0.1, 0.15) is 19.8 Å². The van der Waals surface area contributed by atoms with Gasteiger partial charge in [-0.1, -0.05) is 0 Å². The van der Waals surface area contributed by atoms with E-state index >= 15 is 0 Å². The van der Waals surface area contributed by atoms with Gasteiger partial charge in [0.25, 0.3) is 0 Å². The minimum absolute atomic E-state index is 0.0348. The van der Waals surface area contributed by atoms with Crippen LogP contribution < -0.4 is 13.6 Å². The molecule has 0 amide bonds. The molecule has 140 valence electrons. The number of hydrogen-bond acceptors (Lipinski definition) is 4. The van der Waals surface area contributed by atoms with Gasteiger partial charge in [-0.25, -0.2) is 0 Å². The molecule has 0 saturated heterocycles. The number of pyridine rings is 1. The summed E-state index contributed by atoms with van der Waals surface area (Å²) in [6, 6.07) is 18.6. The first-order valence-corrected chi connectivity index (χ1v) is 11.6. The summed E-state index contributed by atoms with van der Waals surface area (Å²) in [5.41, 5.74) is 1.03. The number of aromatic nitrogens is 1. The molecule has 0 aliphatic carbocycles. The molecule has 3 aromatic rings. The van der Waals surface area contributed by atoms with Gasteiger partial charge in [0.2, 0.25) is 0 Å². The number of fused-ring (bicyclic) bond motifs is 1. The molecule has 6 heteroatoms. The average molecular weight is 490 g/mol. The van der Waals surface area contributed by atoms with Crippen molar-refractivity contribution in [1.29, 1.82) is 0 Å². The van der Waals surface area contributed by atoms with Gasteiger partial charge < -0.3 is 0 Å². The van der Waals surface area contributed by atoms with Gasteiger partial charge in [0.05, 0.1) is 0 Å². The molecule has 1 heterocycles. The fraction of sp³-hybridized carbons (Fsp3) is 0.238. The van der Waals surface area contributed by atoms with E-state index in [9.17, 15) is 4.79 Å². The van der Waals surface area contributed by atoms with E-state index in [2.05, 4.69) is 51.0 Å². The third-order valence-corrected chi connectivity index (χ3v) is 7.02. The first-order valence-electron chi connectivity index (χ1n) is 8.70. The van der Waals surface area contributed by atoms with Crippen molar-refractivity contribution < 1.29 is 14.3 Å². The Morgan fingerprint density at radius 3 is 2.67 bits per heavy atom. The molecule has 0 fully saturated rings. The molecule has 1 aromatic heterocycles. The van der Waals surface area contributed by atoms with Crippen LogP contribution in [0, 0.1) is 0 Å². The van der Waals surface area contributed by atoms with E-state index in [4.69, 9.17) is 9.72 Å². The number of methoxy groups -OCH3 is 1. The van der Waals surface area contributed by atoms with Crippen molar-refractivity contribution in [1.82, 2.24) is 4.98 Å². The molecule has 2 atom stereocenters. The van der Waals surface area contributed by atoms with Crippen molar-refractivity contribution >= 4 is 57.4 Å². The topological polar surface area (TPSA) is 48.4 Å². The van der Waals surface area contributed by atoms with E-state index in [1.54, 1.807) is 0 Å². The van der Waals surface area contributed by atoms with E-state index in [-0.39, 0.29) is 12.1 Å². The summed E-state index contributed by atoms with van der Waals surface area (Å²) >= 11 is 3.00. The summed E-state index contributed by atoms with van der Waals surface area (Å²) in [5, 5.41) is 1.14. The quantitative estimate of drug-likeness (QED) is 0.378. The Bertz CT molecular complexity index is 930. The first-order chi connectivity index (χ1) is 13.0. The number of halogens is 1. The fourth-order valence-corrected chi connectivity index (χ4v) is 5.06. The van der Waals surface area contributed by atoms with Crippen LogP contribution in [0.25, 0.3) is 10.9 Å². The number of ether oxygens (including phenoxy) is 2. The Morgan fingerprint density at radius 1 is 1.15 bits per heavy atom. The van der Waals surface area contributed by atoms with Crippen LogP contribution in [0.5, 0.6) is 5.75 Å². The van der Waals surface area contributed by atoms with Crippen LogP contribution in [0.4, 0.5) is 0 Å². The van der Waals surface area contributed by atoms with Crippen molar-refractivity contribution in [3.8, 4) is 5.75 Å². The molecule has 0 N–H and O–H groups in total. The van der Waals surface area contributed by atoms with Gasteiger partial charge in [0, 0.05) is 0 Å². The maximum atomic E-state index is 11.2. The number of esters is 1. The normalized spacial score (nSPS) is 12.4.